The lowest BCUT2D eigenvalue weighted by Crippen LogP contribution is -2.25. The van der Waals surface area contributed by atoms with E-state index in [9.17, 15) is 4.79 Å². The van der Waals surface area contributed by atoms with Crippen LogP contribution in [0.2, 0.25) is 0 Å². The first-order valence-corrected chi connectivity index (χ1v) is 8.74. The normalized spacial score (nSPS) is 10.2. The summed E-state index contributed by atoms with van der Waals surface area (Å²) < 4.78 is 5.20. The second-order valence-electron chi connectivity index (χ2n) is 5.17. The van der Waals surface area contributed by atoms with Crippen LogP contribution < -0.4 is 10.6 Å². The van der Waals surface area contributed by atoms with Crippen molar-refractivity contribution in [1.82, 2.24) is 10.6 Å². The van der Waals surface area contributed by atoms with Gasteiger partial charge >= 0.3 is 0 Å². The topological polar surface area (TPSA) is 50.4 Å². The van der Waals surface area contributed by atoms with E-state index in [-0.39, 0.29) is 5.91 Å². The Labute approximate surface area is 132 Å². The molecule has 0 heterocycles. The number of carbonyl (C=O) groups excluding carboxylic acids is 1. The van der Waals surface area contributed by atoms with Crippen molar-refractivity contribution in [3.8, 4) is 0 Å². The Balaban J connectivity index is 0. The van der Waals surface area contributed by atoms with Gasteiger partial charge in [-0.1, -0.05) is 40.5 Å². The summed E-state index contributed by atoms with van der Waals surface area (Å²) in [5.41, 5.74) is 0. The van der Waals surface area contributed by atoms with Crippen molar-refractivity contribution in [3.63, 3.8) is 0 Å². The van der Waals surface area contributed by atoms with Gasteiger partial charge in [0, 0.05) is 32.2 Å². The van der Waals surface area contributed by atoms with E-state index in [4.69, 9.17) is 4.74 Å². The average molecular weight is 303 g/mol. The quantitative estimate of drug-likeness (QED) is 0.512. The summed E-state index contributed by atoms with van der Waals surface area (Å²) in [4.78, 5) is 11.4. The van der Waals surface area contributed by atoms with Crippen LogP contribution >= 0.6 is 0 Å². The Bertz CT molecular complexity index is 209. The molecule has 2 N–H and O–H groups in total. The Hall–Kier alpha value is -0.610. The zero-order valence-corrected chi connectivity index (χ0v) is 15.0. The molecule has 0 aliphatic rings. The predicted molar refractivity (Wildman–Crippen MR) is 91.7 cm³/mol. The number of ether oxygens (including phenoxy) is 1. The Morgan fingerprint density at radius 1 is 1.00 bits per heavy atom. The maximum atomic E-state index is 11.4. The average Bonchev–Trinajstić information content (AvgIpc) is 2.48. The first kappa shape index (κ1) is 22.7. The molecule has 0 aromatic heterocycles. The van der Waals surface area contributed by atoms with Gasteiger partial charge in [0.2, 0.25) is 5.91 Å². The molecule has 0 aromatic rings. The molecular formula is C17H38N2O2. The SMILES string of the molecule is CC.CCOCCCC(=O)NCCCCCCNC(C)C. The highest BCUT2D eigenvalue weighted by Gasteiger charge is 2.00. The molecule has 4 heteroatoms. The molecule has 21 heavy (non-hydrogen) atoms. The summed E-state index contributed by atoms with van der Waals surface area (Å²) in [5, 5.41) is 6.37. The van der Waals surface area contributed by atoms with Crippen LogP contribution in [0.3, 0.4) is 0 Å². The number of nitrogens with one attached hydrogen (secondary N) is 2. The van der Waals surface area contributed by atoms with Crippen LogP contribution in [0.4, 0.5) is 0 Å². The summed E-state index contributed by atoms with van der Waals surface area (Å²) in [6, 6.07) is 0.580. The molecule has 0 aliphatic carbocycles. The summed E-state index contributed by atoms with van der Waals surface area (Å²) in [7, 11) is 0. The van der Waals surface area contributed by atoms with E-state index < -0.39 is 0 Å². The van der Waals surface area contributed by atoms with Crippen molar-refractivity contribution < 1.29 is 9.53 Å². The zero-order chi connectivity index (χ0) is 16.3. The molecule has 0 aliphatic heterocycles. The van der Waals surface area contributed by atoms with E-state index in [1.807, 2.05) is 20.8 Å². The van der Waals surface area contributed by atoms with E-state index in [0.29, 0.717) is 19.1 Å². The Kier molecular flexibility index (Phi) is 20.9. The first-order chi connectivity index (χ1) is 10.2. The van der Waals surface area contributed by atoms with Crippen LogP contribution in [0.5, 0.6) is 0 Å². The van der Waals surface area contributed by atoms with Gasteiger partial charge < -0.3 is 15.4 Å². The number of rotatable bonds is 13. The second kappa shape index (κ2) is 19.4. The largest absolute Gasteiger partial charge is 0.382 e. The van der Waals surface area contributed by atoms with Gasteiger partial charge in [-0.2, -0.15) is 0 Å². The molecule has 0 spiro atoms. The molecule has 1 amide bonds. The van der Waals surface area contributed by atoms with Crippen LogP contribution in [0, 0.1) is 0 Å². The molecule has 0 rings (SSSR count). The van der Waals surface area contributed by atoms with Gasteiger partial charge in [-0.15, -0.1) is 0 Å². The van der Waals surface area contributed by atoms with Gasteiger partial charge in [0.25, 0.3) is 0 Å². The minimum atomic E-state index is 0.154. The van der Waals surface area contributed by atoms with Gasteiger partial charge in [0.1, 0.15) is 0 Å². The highest BCUT2D eigenvalue weighted by molar-refractivity contribution is 5.75. The third-order valence-corrected chi connectivity index (χ3v) is 2.87. The van der Waals surface area contributed by atoms with Crippen molar-refractivity contribution in [2.75, 3.05) is 26.3 Å². The maximum absolute atomic E-state index is 11.4. The number of hydrogen-bond donors (Lipinski definition) is 2. The molecule has 0 unspecified atom stereocenters. The number of hydrogen-bond acceptors (Lipinski definition) is 3. The third-order valence-electron chi connectivity index (χ3n) is 2.87. The summed E-state index contributed by atoms with van der Waals surface area (Å²) in [5.74, 6) is 0.154. The van der Waals surface area contributed by atoms with Crippen LogP contribution in [0.25, 0.3) is 0 Å². The van der Waals surface area contributed by atoms with Crippen LogP contribution in [0.1, 0.15) is 73.1 Å². The minimum Gasteiger partial charge on any atom is -0.382 e. The molecule has 0 atom stereocenters. The van der Waals surface area contributed by atoms with E-state index in [1.165, 1.54) is 19.3 Å². The van der Waals surface area contributed by atoms with Crippen LogP contribution in [0.15, 0.2) is 0 Å². The van der Waals surface area contributed by atoms with Gasteiger partial charge in [-0.05, 0) is 32.7 Å². The highest BCUT2D eigenvalue weighted by atomic mass is 16.5. The van der Waals surface area contributed by atoms with Gasteiger partial charge in [0.05, 0.1) is 0 Å². The van der Waals surface area contributed by atoms with Gasteiger partial charge in [-0.25, -0.2) is 0 Å². The van der Waals surface area contributed by atoms with Crippen molar-refractivity contribution in [2.45, 2.75) is 79.2 Å². The summed E-state index contributed by atoms with van der Waals surface area (Å²) in [6.07, 6.45) is 6.14. The fourth-order valence-electron chi connectivity index (χ4n) is 1.79. The Morgan fingerprint density at radius 2 is 1.62 bits per heavy atom. The van der Waals surface area contributed by atoms with E-state index in [1.54, 1.807) is 0 Å². The first-order valence-electron chi connectivity index (χ1n) is 8.74. The number of carbonyl (C=O) groups is 1. The monoisotopic (exact) mass is 302 g/mol. The molecule has 0 saturated carbocycles. The zero-order valence-electron chi connectivity index (χ0n) is 15.0. The van der Waals surface area contributed by atoms with Crippen molar-refractivity contribution in [3.05, 3.63) is 0 Å². The number of amides is 1. The fourth-order valence-corrected chi connectivity index (χ4v) is 1.79. The molecule has 4 nitrogen and oxygen atoms in total. The van der Waals surface area contributed by atoms with Crippen molar-refractivity contribution >= 4 is 5.91 Å². The third kappa shape index (κ3) is 21.8. The van der Waals surface area contributed by atoms with Crippen LogP contribution in [-0.4, -0.2) is 38.3 Å². The smallest absolute Gasteiger partial charge is 0.220 e. The molecule has 0 radical (unpaired) electrons. The molecule has 0 bridgehead atoms. The fraction of sp³-hybridized carbons (Fsp3) is 0.941. The lowest BCUT2D eigenvalue weighted by Gasteiger charge is -2.08. The predicted octanol–water partition coefficient (Wildman–Crippen LogP) is 3.50. The lowest BCUT2D eigenvalue weighted by atomic mass is 10.2. The Morgan fingerprint density at radius 3 is 2.19 bits per heavy atom. The minimum absolute atomic E-state index is 0.154. The van der Waals surface area contributed by atoms with E-state index in [2.05, 4.69) is 24.5 Å². The molecular weight excluding hydrogens is 264 g/mol. The van der Waals surface area contributed by atoms with Crippen molar-refractivity contribution in [2.24, 2.45) is 0 Å². The van der Waals surface area contributed by atoms with Crippen molar-refractivity contribution in [1.29, 1.82) is 0 Å². The maximum Gasteiger partial charge on any atom is 0.220 e. The second-order valence-corrected chi connectivity index (χ2v) is 5.17. The van der Waals surface area contributed by atoms with Gasteiger partial charge in [-0.3, -0.25) is 4.79 Å². The standard InChI is InChI=1S/C15H32N2O2.C2H6/c1-4-19-13-9-10-15(18)17-12-8-6-5-7-11-16-14(2)3;1-2/h14,16H,4-13H2,1-3H3,(H,17,18);1-2H3. The molecule has 128 valence electrons. The van der Waals surface area contributed by atoms with E-state index >= 15 is 0 Å². The number of unbranched alkanes of at least 4 members (excludes halogenated alkanes) is 3. The summed E-state index contributed by atoms with van der Waals surface area (Å²) in [6.45, 7) is 13.6. The summed E-state index contributed by atoms with van der Waals surface area (Å²) >= 11 is 0. The molecule has 0 saturated heterocycles. The van der Waals surface area contributed by atoms with E-state index in [0.717, 1.165) is 32.5 Å². The molecule has 0 fully saturated rings. The highest BCUT2D eigenvalue weighted by Crippen LogP contribution is 1.98. The molecule has 0 aromatic carbocycles. The van der Waals surface area contributed by atoms with Crippen LogP contribution in [-0.2, 0) is 9.53 Å². The lowest BCUT2D eigenvalue weighted by molar-refractivity contribution is -0.121. The van der Waals surface area contributed by atoms with Gasteiger partial charge in [0.15, 0.2) is 0 Å².